The molecule has 0 saturated heterocycles. The molecule has 0 aromatic carbocycles. The van der Waals surface area contributed by atoms with Crippen molar-refractivity contribution in [3.8, 4) is 0 Å². The molecule has 0 spiro atoms. The SMILES string of the molecule is Cn1cc(Nc2ncnc3c2cnn3C)cn1. The summed E-state index contributed by atoms with van der Waals surface area (Å²) in [5.41, 5.74) is 1.68. The van der Waals surface area contributed by atoms with E-state index in [0.717, 1.165) is 22.5 Å². The second kappa shape index (κ2) is 3.55. The number of nitrogens with one attached hydrogen (secondary N) is 1. The molecule has 7 heteroatoms. The lowest BCUT2D eigenvalue weighted by molar-refractivity contribution is 0.768. The topological polar surface area (TPSA) is 73.5 Å². The molecule has 7 nitrogen and oxygen atoms in total. The van der Waals surface area contributed by atoms with Gasteiger partial charge in [0.25, 0.3) is 0 Å². The van der Waals surface area contributed by atoms with Gasteiger partial charge < -0.3 is 5.32 Å². The molecule has 0 bridgehead atoms. The molecule has 1 N–H and O–H groups in total. The Labute approximate surface area is 97.1 Å². The number of fused-ring (bicyclic) bond motifs is 1. The molecule has 0 saturated carbocycles. The lowest BCUT2D eigenvalue weighted by Crippen LogP contribution is -1.96. The third kappa shape index (κ3) is 1.61. The summed E-state index contributed by atoms with van der Waals surface area (Å²) >= 11 is 0. The molecule has 3 aromatic rings. The van der Waals surface area contributed by atoms with Gasteiger partial charge in [-0.2, -0.15) is 10.2 Å². The molecule has 3 rings (SSSR count). The van der Waals surface area contributed by atoms with Crippen molar-refractivity contribution in [2.24, 2.45) is 14.1 Å². The first-order chi connectivity index (χ1) is 8.24. The average molecular weight is 229 g/mol. The molecule has 0 atom stereocenters. The van der Waals surface area contributed by atoms with Gasteiger partial charge in [0.1, 0.15) is 12.1 Å². The van der Waals surface area contributed by atoms with Crippen molar-refractivity contribution in [3.05, 3.63) is 24.9 Å². The summed E-state index contributed by atoms with van der Waals surface area (Å²) in [6.07, 6.45) is 6.88. The third-order valence-electron chi connectivity index (χ3n) is 2.50. The maximum atomic E-state index is 4.21. The van der Waals surface area contributed by atoms with Crippen molar-refractivity contribution in [2.75, 3.05) is 5.32 Å². The minimum Gasteiger partial charge on any atom is -0.337 e. The monoisotopic (exact) mass is 229 g/mol. The van der Waals surface area contributed by atoms with Crippen LogP contribution < -0.4 is 5.32 Å². The van der Waals surface area contributed by atoms with E-state index in [1.807, 2.05) is 20.3 Å². The summed E-state index contributed by atoms with van der Waals surface area (Å²) < 4.78 is 3.44. The van der Waals surface area contributed by atoms with Gasteiger partial charge >= 0.3 is 0 Å². The van der Waals surface area contributed by atoms with E-state index in [-0.39, 0.29) is 0 Å². The van der Waals surface area contributed by atoms with E-state index in [0.29, 0.717) is 0 Å². The third-order valence-corrected chi connectivity index (χ3v) is 2.50. The van der Waals surface area contributed by atoms with E-state index >= 15 is 0 Å². The molecule has 3 heterocycles. The number of nitrogens with zero attached hydrogens (tertiary/aromatic N) is 6. The summed E-state index contributed by atoms with van der Waals surface area (Å²) in [6, 6.07) is 0. The first kappa shape index (κ1) is 9.76. The molecule has 0 unspecified atom stereocenters. The Morgan fingerprint density at radius 2 is 2.00 bits per heavy atom. The number of aryl methyl sites for hydroxylation is 2. The fraction of sp³-hybridized carbons (Fsp3) is 0.200. The second-order valence-corrected chi connectivity index (χ2v) is 3.76. The Bertz CT molecular complexity index is 666. The van der Waals surface area contributed by atoms with Crippen molar-refractivity contribution in [1.82, 2.24) is 29.5 Å². The zero-order valence-electron chi connectivity index (χ0n) is 9.49. The Morgan fingerprint density at radius 3 is 2.76 bits per heavy atom. The second-order valence-electron chi connectivity index (χ2n) is 3.76. The highest BCUT2D eigenvalue weighted by molar-refractivity contribution is 5.87. The highest BCUT2D eigenvalue weighted by Gasteiger charge is 2.08. The fourth-order valence-electron chi connectivity index (χ4n) is 1.68. The van der Waals surface area contributed by atoms with Crippen molar-refractivity contribution in [2.45, 2.75) is 0 Å². The van der Waals surface area contributed by atoms with Gasteiger partial charge in [-0.05, 0) is 0 Å². The number of anilines is 2. The highest BCUT2D eigenvalue weighted by Crippen LogP contribution is 2.21. The normalized spacial score (nSPS) is 10.9. The molecule has 0 aliphatic heterocycles. The summed E-state index contributed by atoms with van der Waals surface area (Å²) in [5, 5.41) is 12.3. The molecule has 0 aliphatic rings. The lowest BCUT2D eigenvalue weighted by Gasteiger charge is -2.02. The van der Waals surface area contributed by atoms with Crippen molar-refractivity contribution in [1.29, 1.82) is 0 Å². The number of hydrogen-bond donors (Lipinski definition) is 1. The molecule has 0 amide bonds. The van der Waals surface area contributed by atoms with Crippen LogP contribution in [0.1, 0.15) is 0 Å². The highest BCUT2D eigenvalue weighted by atomic mass is 15.3. The van der Waals surface area contributed by atoms with Crippen LogP contribution in [-0.2, 0) is 14.1 Å². The Morgan fingerprint density at radius 1 is 1.12 bits per heavy atom. The number of aromatic nitrogens is 6. The minimum atomic E-state index is 0.733. The Kier molecular flexibility index (Phi) is 2.04. The van der Waals surface area contributed by atoms with E-state index in [4.69, 9.17) is 0 Å². The molecule has 0 radical (unpaired) electrons. The van der Waals surface area contributed by atoms with Crippen LogP contribution in [0.15, 0.2) is 24.9 Å². The van der Waals surface area contributed by atoms with Crippen LogP contribution in [0, 0.1) is 0 Å². The molecular formula is C10H11N7. The van der Waals surface area contributed by atoms with Gasteiger partial charge in [-0.1, -0.05) is 0 Å². The van der Waals surface area contributed by atoms with E-state index in [1.54, 1.807) is 21.8 Å². The van der Waals surface area contributed by atoms with Gasteiger partial charge in [0.2, 0.25) is 0 Å². The molecule has 0 aliphatic carbocycles. The Hall–Kier alpha value is -2.44. The van der Waals surface area contributed by atoms with E-state index in [1.165, 1.54) is 6.33 Å². The predicted molar refractivity (Wildman–Crippen MR) is 62.8 cm³/mol. The van der Waals surface area contributed by atoms with Gasteiger partial charge in [-0.3, -0.25) is 9.36 Å². The maximum Gasteiger partial charge on any atom is 0.163 e. The van der Waals surface area contributed by atoms with Crippen LogP contribution in [0.2, 0.25) is 0 Å². The largest absolute Gasteiger partial charge is 0.337 e. The zero-order chi connectivity index (χ0) is 11.8. The van der Waals surface area contributed by atoms with Crippen molar-refractivity contribution in [3.63, 3.8) is 0 Å². The first-order valence-electron chi connectivity index (χ1n) is 5.12. The quantitative estimate of drug-likeness (QED) is 0.705. The van der Waals surface area contributed by atoms with Gasteiger partial charge in [0.05, 0.1) is 23.5 Å². The summed E-state index contributed by atoms with van der Waals surface area (Å²) in [4.78, 5) is 8.39. The van der Waals surface area contributed by atoms with Gasteiger partial charge in [0, 0.05) is 20.3 Å². The number of rotatable bonds is 2. The average Bonchev–Trinajstić information content (AvgIpc) is 2.88. The maximum absolute atomic E-state index is 4.21. The minimum absolute atomic E-state index is 0.733. The van der Waals surface area contributed by atoms with Crippen molar-refractivity contribution < 1.29 is 0 Å². The summed E-state index contributed by atoms with van der Waals surface area (Å²) in [7, 11) is 3.72. The van der Waals surface area contributed by atoms with Crippen LogP contribution in [-0.4, -0.2) is 29.5 Å². The molecule has 3 aromatic heterocycles. The van der Waals surface area contributed by atoms with Gasteiger partial charge in [-0.15, -0.1) is 0 Å². The first-order valence-corrected chi connectivity index (χ1v) is 5.12. The predicted octanol–water partition coefficient (Wildman–Crippen LogP) is 0.840. The van der Waals surface area contributed by atoms with Crippen LogP contribution >= 0.6 is 0 Å². The van der Waals surface area contributed by atoms with Crippen molar-refractivity contribution >= 4 is 22.5 Å². The Balaban J connectivity index is 2.05. The molecular weight excluding hydrogens is 218 g/mol. The molecule has 17 heavy (non-hydrogen) atoms. The number of hydrogen-bond acceptors (Lipinski definition) is 5. The standard InChI is InChI=1S/C10H11N7/c1-16-5-7(3-13-16)15-9-8-4-14-17(2)10(8)12-6-11-9/h3-6H,1-2H3,(H,11,12,15). The van der Waals surface area contributed by atoms with Crippen LogP contribution in [0.4, 0.5) is 11.5 Å². The van der Waals surface area contributed by atoms with Gasteiger partial charge in [0.15, 0.2) is 5.65 Å². The summed E-state index contributed by atoms with van der Waals surface area (Å²) in [5.74, 6) is 0.733. The smallest absolute Gasteiger partial charge is 0.163 e. The van der Waals surface area contributed by atoms with Gasteiger partial charge in [-0.25, -0.2) is 9.97 Å². The summed E-state index contributed by atoms with van der Waals surface area (Å²) in [6.45, 7) is 0. The van der Waals surface area contributed by atoms with Crippen LogP contribution in [0.3, 0.4) is 0 Å². The van der Waals surface area contributed by atoms with E-state index < -0.39 is 0 Å². The van der Waals surface area contributed by atoms with Crippen LogP contribution in [0.25, 0.3) is 11.0 Å². The van der Waals surface area contributed by atoms with E-state index in [2.05, 4.69) is 25.5 Å². The molecule has 0 fully saturated rings. The fourth-order valence-corrected chi connectivity index (χ4v) is 1.68. The zero-order valence-corrected chi connectivity index (χ0v) is 9.49. The lowest BCUT2D eigenvalue weighted by atomic mass is 10.4. The molecule has 86 valence electrons. The van der Waals surface area contributed by atoms with E-state index in [9.17, 15) is 0 Å². The van der Waals surface area contributed by atoms with Crippen LogP contribution in [0.5, 0.6) is 0 Å².